The smallest absolute Gasteiger partial charge is 0.266 e. The number of carbonyl (C=O) groups is 1. The summed E-state index contributed by atoms with van der Waals surface area (Å²) in [7, 11) is 1.55. The number of hydrogen-bond donors (Lipinski definition) is 4. The summed E-state index contributed by atoms with van der Waals surface area (Å²) in [5.41, 5.74) is 5.03. The van der Waals surface area contributed by atoms with Crippen molar-refractivity contribution in [3.63, 3.8) is 0 Å². The fraction of sp³-hybridized carbons (Fsp3) is 0.125. The van der Waals surface area contributed by atoms with Gasteiger partial charge in [0.1, 0.15) is 0 Å². The number of phenolic OH excluding ortho intramolecular Hbond substituents is 2. The highest BCUT2D eigenvalue weighted by Crippen LogP contribution is 2.31. The summed E-state index contributed by atoms with van der Waals surface area (Å²) in [6.45, 7) is 0. The van der Waals surface area contributed by atoms with Gasteiger partial charge in [-0.1, -0.05) is 0 Å². The summed E-state index contributed by atoms with van der Waals surface area (Å²) in [5, 5.41) is 18.3. The molecule has 6 heteroatoms. The van der Waals surface area contributed by atoms with Crippen LogP contribution in [0.15, 0.2) is 16.6 Å². The van der Waals surface area contributed by atoms with Crippen molar-refractivity contribution in [1.29, 1.82) is 0 Å². The van der Waals surface area contributed by atoms with Crippen molar-refractivity contribution in [3.8, 4) is 11.5 Å². The topological polar surface area (TPSA) is 81.6 Å². The molecule has 0 unspecified atom stereocenters. The Bertz CT molecular complexity index is 368. The van der Waals surface area contributed by atoms with Gasteiger partial charge in [-0.25, -0.2) is 5.43 Å². The van der Waals surface area contributed by atoms with Gasteiger partial charge in [0.25, 0.3) is 5.91 Å². The van der Waals surface area contributed by atoms with Crippen molar-refractivity contribution in [2.45, 2.75) is 0 Å². The summed E-state index contributed by atoms with van der Waals surface area (Å²) in [4.78, 5) is 11.3. The van der Waals surface area contributed by atoms with E-state index in [9.17, 15) is 9.90 Å². The summed E-state index contributed by atoms with van der Waals surface area (Å²) >= 11 is 3.09. The van der Waals surface area contributed by atoms with Gasteiger partial charge in [0.2, 0.25) is 0 Å². The molecule has 0 aliphatic rings. The molecule has 76 valence electrons. The second kappa shape index (κ2) is 4.30. The third-order valence-electron chi connectivity index (χ3n) is 1.55. The fourth-order valence-electron chi connectivity index (χ4n) is 0.906. The Balaban J connectivity index is 3.09. The summed E-state index contributed by atoms with van der Waals surface area (Å²) in [6.07, 6.45) is 0. The number of nitrogens with one attached hydrogen (secondary N) is 2. The van der Waals surface area contributed by atoms with Crippen LogP contribution in [0.25, 0.3) is 0 Å². The third-order valence-corrected chi connectivity index (χ3v) is 2.20. The second-order valence-corrected chi connectivity index (χ2v) is 3.38. The summed E-state index contributed by atoms with van der Waals surface area (Å²) in [6, 6.07) is 2.42. The Morgan fingerprint density at radius 2 is 1.93 bits per heavy atom. The normalized spacial score (nSPS) is 9.86. The molecule has 14 heavy (non-hydrogen) atoms. The van der Waals surface area contributed by atoms with E-state index in [0.717, 1.165) is 0 Å². The molecular formula is C8H9BrN2O3. The largest absolute Gasteiger partial charge is 0.504 e. The van der Waals surface area contributed by atoms with E-state index in [0.29, 0.717) is 4.47 Å². The number of rotatable bonds is 2. The molecule has 0 aliphatic carbocycles. The number of hydrazine groups is 1. The SMILES string of the molecule is CNNC(=O)c1cc(O)c(O)cc1Br. The maximum absolute atomic E-state index is 11.3. The molecule has 1 rings (SSSR count). The van der Waals surface area contributed by atoms with Gasteiger partial charge in [0.15, 0.2) is 11.5 Å². The standard InChI is InChI=1S/C8H9BrN2O3/c1-10-11-8(14)4-2-6(12)7(13)3-5(4)9/h2-3,10,12-13H,1H3,(H,11,14). The Hall–Kier alpha value is -1.27. The lowest BCUT2D eigenvalue weighted by Gasteiger charge is -2.06. The zero-order valence-corrected chi connectivity index (χ0v) is 8.92. The average Bonchev–Trinajstić information content (AvgIpc) is 2.11. The fourth-order valence-corrected chi connectivity index (χ4v) is 1.42. The van der Waals surface area contributed by atoms with E-state index in [1.807, 2.05) is 0 Å². The van der Waals surface area contributed by atoms with Gasteiger partial charge in [0.05, 0.1) is 5.56 Å². The van der Waals surface area contributed by atoms with Gasteiger partial charge in [-0.15, -0.1) is 0 Å². The molecule has 1 amide bonds. The Morgan fingerprint density at radius 3 is 2.50 bits per heavy atom. The number of benzene rings is 1. The summed E-state index contributed by atoms with van der Waals surface area (Å²) < 4.78 is 0.403. The molecule has 0 spiro atoms. The number of halogens is 1. The second-order valence-electron chi connectivity index (χ2n) is 2.52. The van der Waals surface area contributed by atoms with Gasteiger partial charge >= 0.3 is 0 Å². The predicted molar refractivity (Wildman–Crippen MR) is 54.0 cm³/mol. The lowest BCUT2D eigenvalue weighted by molar-refractivity contribution is 0.0937. The molecular weight excluding hydrogens is 252 g/mol. The Labute approximate surface area is 88.8 Å². The summed E-state index contributed by atoms with van der Waals surface area (Å²) in [5.74, 6) is -1.03. The monoisotopic (exact) mass is 260 g/mol. The molecule has 0 radical (unpaired) electrons. The van der Waals surface area contributed by atoms with Crippen molar-refractivity contribution in [1.82, 2.24) is 10.9 Å². The van der Waals surface area contributed by atoms with Crippen molar-refractivity contribution in [2.24, 2.45) is 0 Å². The van der Waals surface area contributed by atoms with Crippen LogP contribution in [0.2, 0.25) is 0 Å². The number of carbonyl (C=O) groups excluding carboxylic acids is 1. The van der Waals surface area contributed by atoms with E-state index in [4.69, 9.17) is 5.11 Å². The highest BCUT2D eigenvalue weighted by Gasteiger charge is 2.12. The van der Waals surface area contributed by atoms with E-state index in [1.54, 1.807) is 7.05 Å². The van der Waals surface area contributed by atoms with Gasteiger partial charge < -0.3 is 10.2 Å². The van der Waals surface area contributed by atoms with Crippen LogP contribution in [-0.2, 0) is 0 Å². The molecule has 0 atom stereocenters. The Morgan fingerprint density at radius 1 is 1.36 bits per heavy atom. The number of phenols is 2. The van der Waals surface area contributed by atoms with Crippen LogP contribution < -0.4 is 10.9 Å². The lowest BCUT2D eigenvalue weighted by atomic mass is 10.2. The maximum Gasteiger partial charge on any atom is 0.266 e. The zero-order valence-electron chi connectivity index (χ0n) is 7.34. The first-order chi connectivity index (χ1) is 6.56. The van der Waals surface area contributed by atoms with Crippen LogP contribution in [0.4, 0.5) is 0 Å². The minimum Gasteiger partial charge on any atom is -0.504 e. The molecule has 5 nitrogen and oxygen atoms in total. The average molecular weight is 261 g/mol. The predicted octanol–water partition coefficient (Wildman–Crippen LogP) is 0.724. The first-order valence-corrected chi connectivity index (χ1v) is 4.54. The Kier molecular flexibility index (Phi) is 3.32. The van der Waals surface area contributed by atoms with E-state index >= 15 is 0 Å². The van der Waals surface area contributed by atoms with Crippen LogP contribution in [-0.4, -0.2) is 23.2 Å². The molecule has 0 saturated heterocycles. The molecule has 1 aromatic carbocycles. The van der Waals surface area contributed by atoms with Gasteiger partial charge in [-0.05, 0) is 28.1 Å². The van der Waals surface area contributed by atoms with Crippen LogP contribution in [0, 0.1) is 0 Å². The minimum absolute atomic E-state index is 0.231. The van der Waals surface area contributed by atoms with E-state index in [1.165, 1.54) is 12.1 Å². The first-order valence-electron chi connectivity index (χ1n) is 3.75. The molecule has 0 bridgehead atoms. The third kappa shape index (κ3) is 2.15. The number of aromatic hydroxyl groups is 2. The molecule has 0 fully saturated rings. The van der Waals surface area contributed by atoms with Crippen LogP contribution in [0.5, 0.6) is 11.5 Å². The number of hydrogen-bond acceptors (Lipinski definition) is 4. The molecule has 0 aromatic heterocycles. The van der Waals surface area contributed by atoms with Crippen molar-refractivity contribution < 1.29 is 15.0 Å². The van der Waals surface area contributed by atoms with Gasteiger partial charge in [-0.3, -0.25) is 10.2 Å². The highest BCUT2D eigenvalue weighted by atomic mass is 79.9. The van der Waals surface area contributed by atoms with E-state index < -0.39 is 5.91 Å². The molecule has 0 aliphatic heterocycles. The molecule has 4 N–H and O–H groups in total. The van der Waals surface area contributed by atoms with Crippen molar-refractivity contribution in [3.05, 3.63) is 22.2 Å². The molecule has 0 heterocycles. The zero-order chi connectivity index (χ0) is 10.7. The maximum atomic E-state index is 11.3. The van der Waals surface area contributed by atoms with E-state index in [2.05, 4.69) is 26.8 Å². The van der Waals surface area contributed by atoms with Crippen LogP contribution >= 0.6 is 15.9 Å². The minimum atomic E-state index is -0.408. The first kappa shape index (κ1) is 10.8. The quantitative estimate of drug-likeness (QED) is 0.467. The van der Waals surface area contributed by atoms with Crippen LogP contribution in [0.1, 0.15) is 10.4 Å². The van der Waals surface area contributed by atoms with E-state index in [-0.39, 0.29) is 17.1 Å². The molecule has 1 aromatic rings. The highest BCUT2D eigenvalue weighted by molar-refractivity contribution is 9.10. The van der Waals surface area contributed by atoms with Crippen LogP contribution in [0.3, 0.4) is 0 Å². The van der Waals surface area contributed by atoms with Crippen molar-refractivity contribution >= 4 is 21.8 Å². The van der Waals surface area contributed by atoms with Gasteiger partial charge in [0, 0.05) is 11.5 Å². The van der Waals surface area contributed by atoms with Gasteiger partial charge in [-0.2, -0.15) is 0 Å². The lowest BCUT2D eigenvalue weighted by Crippen LogP contribution is -2.34. The molecule has 0 saturated carbocycles. The number of amides is 1. The van der Waals surface area contributed by atoms with Crippen molar-refractivity contribution in [2.75, 3.05) is 7.05 Å².